The monoisotopic (exact) mass is 182 g/mol. The van der Waals surface area contributed by atoms with Crippen LogP contribution in [-0.2, 0) is 9.59 Å². The van der Waals surface area contributed by atoms with Gasteiger partial charge in [-0.05, 0) is 32.3 Å². The molecule has 1 atom stereocenters. The Kier molecular flexibility index (Phi) is 2.86. The average molecular weight is 182 g/mol. The molecule has 0 saturated heterocycles. The second-order valence-corrected chi connectivity index (χ2v) is 3.80. The molecular formula is C10H14O3. The zero-order valence-corrected chi connectivity index (χ0v) is 7.75. The molecule has 72 valence electrons. The molecule has 0 aromatic rings. The van der Waals surface area contributed by atoms with E-state index in [0.29, 0.717) is 6.42 Å². The van der Waals surface area contributed by atoms with E-state index in [1.54, 1.807) is 6.92 Å². The standard InChI is InChI=1S/C10H14O3/c1-10(9(12)13)6-4-2-3-5-8(11)7-10/h3,5H,2,4,6-7H2,1H3,(H,12,13)/b5-3-/t10-/m0/s1. The van der Waals surface area contributed by atoms with Crippen LogP contribution in [0.25, 0.3) is 0 Å². The maximum absolute atomic E-state index is 11.2. The van der Waals surface area contributed by atoms with Crippen molar-refractivity contribution in [2.75, 3.05) is 0 Å². The summed E-state index contributed by atoms with van der Waals surface area (Å²) in [7, 11) is 0. The number of rotatable bonds is 1. The number of carbonyl (C=O) groups excluding carboxylic acids is 1. The number of carboxylic acids is 1. The third-order valence-electron chi connectivity index (χ3n) is 2.48. The average Bonchev–Trinajstić information content (AvgIpc) is 2.00. The van der Waals surface area contributed by atoms with E-state index in [1.165, 1.54) is 6.08 Å². The summed E-state index contributed by atoms with van der Waals surface area (Å²) in [4.78, 5) is 22.1. The van der Waals surface area contributed by atoms with Crippen molar-refractivity contribution in [1.29, 1.82) is 0 Å². The molecule has 0 amide bonds. The Morgan fingerprint density at radius 1 is 1.62 bits per heavy atom. The van der Waals surface area contributed by atoms with Crippen molar-refractivity contribution < 1.29 is 14.7 Å². The fourth-order valence-corrected chi connectivity index (χ4v) is 1.54. The molecule has 1 rings (SSSR count). The van der Waals surface area contributed by atoms with Gasteiger partial charge in [0, 0.05) is 6.42 Å². The highest BCUT2D eigenvalue weighted by atomic mass is 16.4. The summed E-state index contributed by atoms with van der Waals surface area (Å²) in [5.41, 5.74) is -0.859. The minimum atomic E-state index is -0.865. The molecule has 0 fully saturated rings. The molecule has 0 aliphatic heterocycles. The number of hydrogen-bond acceptors (Lipinski definition) is 2. The third kappa shape index (κ3) is 2.41. The van der Waals surface area contributed by atoms with Crippen molar-refractivity contribution in [1.82, 2.24) is 0 Å². The second kappa shape index (κ2) is 3.73. The number of aliphatic carboxylic acids is 1. The van der Waals surface area contributed by atoms with E-state index >= 15 is 0 Å². The lowest BCUT2D eigenvalue weighted by molar-refractivity contribution is -0.150. The molecule has 3 nitrogen and oxygen atoms in total. The van der Waals surface area contributed by atoms with Crippen molar-refractivity contribution in [3.8, 4) is 0 Å². The first-order valence-electron chi connectivity index (χ1n) is 4.47. The van der Waals surface area contributed by atoms with Crippen molar-refractivity contribution >= 4 is 11.8 Å². The van der Waals surface area contributed by atoms with Crippen LogP contribution in [0, 0.1) is 5.41 Å². The molecule has 0 radical (unpaired) electrons. The van der Waals surface area contributed by atoms with Gasteiger partial charge in [0.25, 0.3) is 0 Å². The van der Waals surface area contributed by atoms with Crippen LogP contribution in [0.15, 0.2) is 12.2 Å². The van der Waals surface area contributed by atoms with Crippen LogP contribution in [-0.4, -0.2) is 16.9 Å². The lowest BCUT2D eigenvalue weighted by Crippen LogP contribution is -2.30. The van der Waals surface area contributed by atoms with Crippen LogP contribution in [0.4, 0.5) is 0 Å². The van der Waals surface area contributed by atoms with Crippen molar-refractivity contribution in [3.05, 3.63) is 12.2 Å². The highest BCUT2D eigenvalue weighted by molar-refractivity contribution is 5.93. The van der Waals surface area contributed by atoms with Gasteiger partial charge in [0.1, 0.15) is 0 Å². The smallest absolute Gasteiger partial charge is 0.309 e. The van der Waals surface area contributed by atoms with Crippen LogP contribution in [0.3, 0.4) is 0 Å². The van der Waals surface area contributed by atoms with Crippen LogP contribution < -0.4 is 0 Å². The van der Waals surface area contributed by atoms with E-state index < -0.39 is 11.4 Å². The van der Waals surface area contributed by atoms with E-state index in [-0.39, 0.29) is 12.2 Å². The largest absolute Gasteiger partial charge is 0.481 e. The van der Waals surface area contributed by atoms with E-state index in [1.807, 2.05) is 6.08 Å². The first-order valence-corrected chi connectivity index (χ1v) is 4.47. The first-order chi connectivity index (χ1) is 6.04. The predicted octanol–water partition coefficient (Wildman–Crippen LogP) is 1.78. The first kappa shape index (κ1) is 9.96. The normalized spacial score (nSPS) is 31.9. The molecule has 1 N–H and O–H groups in total. The Morgan fingerprint density at radius 3 is 2.92 bits per heavy atom. The molecule has 0 heterocycles. The number of carbonyl (C=O) groups is 2. The Morgan fingerprint density at radius 2 is 2.31 bits per heavy atom. The maximum atomic E-state index is 11.2. The molecule has 0 aromatic carbocycles. The van der Waals surface area contributed by atoms with Crippen LogP contribution in [0.2, 0.25) is 0 Å². The van der Waals surface area contributed by atoms with E-state index in [2.05, 4.69) is 0 Å². The van der Waals surface area contributed by atoms with Crippen molar-refractivity contribution in [2.24, 2.45) is 5.41 Å². The zero-order chi connectivity index (χ0) is 9.90. The Labute approximate surface area is 77.4 Å². The number of allylic oxidation sites excluding steroid dienone is 2. The van der Waals surface area contributed by atoms with Gasteiger partial charge in [-0.15, -0.1) is 0 Å². The summed E-state index contributed by atoms with van der Waals surface area (Å²) in [6, 6.07) is 0. The molecule has 0 saturated carbocycles. The van der Waals surface area contributed by atoms with Gasteiger partial charge in [-0.3, -0.25) is 9.59 Å². The molecule has 0 bridgehead atoms. The van der Waals surface area contributed by atoms with Crippen molar-refractivity contribution in [2.45, 2.75) is 32.6 Å². The molecule has 1 aliphatic carbocycles. The topological polar surface area (TPSA) is 54.4 Å². The molecule has 1 aliphatic rings. The summed E-state index contributed by atoms with van der Waals surface area (Å²) in [6.07, 6.45) is 5.67. The lowest BCUT2D eigenvalue weighted by atomic mass is 9.79. The molecule has 0 spiro atoms. The van der Waals surface area contributed by atoms with Gasteiger partial charge < -0.3 is 5.11 Å². The molecule has 0 unspecified atom stereocenters. The van der Waals surface area contributed by atoms with E-state index in [4.69, 9.17) is 5.11 Å². The van der Waals surface area contributed by atoms with Gasteiger partial charge in [0.05, 0.1) is 5.41 Å². The molecule has 13 heavy (non-hydrogen) atoms. The van der Waals surface area contributed by atoms with Crippen LogP contribution in [0.1, 0.15) is 32.6 Å². The van der Waals surface area contributed by atoms with Gasteiger partial charge >= 0.3 is 5.97 Å². The summed E-state index contributed by atoms with van der Waals surface area (Å²) in [5, 5.41) is 8.96. The van der Waals surface area contributed by atoms with Gasteiger partial charge in [-0.2, -0.15) is 0 Å². The molecule has 3 heteroatoms. The van der Waals surface area contributed by atoms with E-state index in [9.17, 15) is 9.59 Å². The van der Waals surface area contributed by atoms with Crippen LogP contribution in [0.5, 0.6) is 0 Å². The minimum Gasteiger partial charge on any atom is -0.481 e. The quantitative estimate of drug-likeness (QED) is 0.672. The summed E-state index contributed by atoms with van der Waals surface area (Å²) in [5.74, 6) is -0.944. The van der Waals surface area contributed by atoms with Gasteiger partial charge in [-0.25, -0.2) is 0 Å². The van der Waals surface area contributed by atoms with Crippen molar-refractivity contribution in [3.63, 3.8) is 0 Å². The third-order valence-corrected chi connectivity index (χ3v) is 2.48. The fraction of sp³-hybridized carbons (Fsp3) is 0.600. The molecular weight excluding hydrogens is 168 g/mol. The van der Waals surface area contributed by atoms with Gasteiger partial charge in [0.2, 0.25) is 0 Å². The summed E-state index contributed by atoms with van der Waals surface area (Å²) >= 11 is 0. The van der Waals surface area contributed by atoms with Gasteiger partial charge in [-0.1, -0.05) is 6.08 Å². The zero-order valence-electron chi connectivity index (χ0n) is 7.75. The highest BCUT2D eigenvalue weighted by Gasteiger charge is 2.34. The Hall–Kier alpha value is -1.12. The summed E-state index contributed by atoms with van der Waals surface area (Å²) < 4.78 is 0. The Balaban J connectivity index is 2.80. The number of carboxylic acid groups (broad SMARTS) is 1. The van der Waals surface area contributed by atoms with Crippen LogP contribution >= 0.6 is 0 Å². The Bertz CT molecular complexity index is 255. The predicted molar refractivity (Wildman–Crippen MR) is 48.4 cm³/mol. The highest BCUT2D eigenvalue weighted by Crippen LogP contribution is 2.30. The SMILES string of the molecule is C[C@]1(C(=O)O)CCC/C=C\C(=O)C1. The van der Waals surface area contributed by atoms with E-state index in [0.717, 1.165) is 12.8 Å². The number of ketones is 1. The fourth-order valence-electron chi connectivity index (χ4n) is 1.54. The number of hydrogen-bond donors (Lipinski definition) is 1. The second-order valence-electron chi connectivity index (χ2n) is 3.80. The maximum Gasteiger partial charge on any atom is 0.309 e. The summed E-state index contributed by atoms with van der Waals surface area (Å²) in [6.45, 7) is 1.65. The molecule has 0 aromatic heterocycles. The van der Waals surface area contributed by atoms with Gasteiger partial charge in [0.15, 0.2) is 5.78 Å². The lowest BCUT2D eigenvalue weighted by Gasteiger charge is -2.24. The minimum absolute atomic E-state index is 0.0791.